The lowest BCUT2D eigenvalue weighted by Gasteiger charge is -2.35. The lowest BCUT2D eigenvalue weighted by molar-refractivity contribution is -0.142. The molecule has 0 bridgehead atoms. The van der Waals surface area contributed by atoms with E-state index in [0.717, 1.165) is 22.9 Å². The first-order valence-corrected chi connectivity index (χ1v) is 18.2. The van der Waals surface area contributed by atoms with Crippen molar-refractivity contribution in [2.75, 3.05) is 6.54 Å². The minimum atomic E-state index is -3.91. The molecule has 3 N–H and O–H groups in total. The van der Waals surface area contributed by atoms with E-state index in [1.54, 1.807) is 27.0 Å². The summed E-state index contributed by atoms with van der Waals surface area (Å²) in [5, 5.41) is 6.30. The topological polar surface area (TPSA) is 173 Å². The molecule has 15 heteroatoms. The number of fused-ring (bicyclic) bond motifs is 1. The number of benzene rings is 2. The molecule has 2 aliphatic carbocycles. The highest BCUT2D eigenvalue weighted by Gasteiger charge is 2.62. The van der Waals surface area contributed by atoms with Gasteiger partial charge in [-0.1, -0.05) is 45.0 Å². The van der Waals surface area contributed by atoms with E-state index in [-0.39, 0.29) is 25.1 Å². The van der Waals surface area contributed by atoms with Gasteiger partial charge in [0.25, 0.3) is 5.91 Å². The van der Waals surface area contributed by atoms with E-state index in [4.69, 9.17) is 9.47 Å². The number of hydrogen-bond acceptors (Lipinski definition) is 9. The Morgan fingerprint density at radius 3 is 2.43 bits per heavy atom. The van der Waals surface area contributed by atoms with E-state index in [2.05, 4.69) is 26.9 Å². The molecule has 13 nitrogen and oxygen atoms in total. The zero-order chi connectivity index (χ0) is 36.7. The number of nitrogens with zero attached hydrogens (tertiary/aromatic N) is 2. The Balaban J connectivity index is 1.27. The van der Waals surface area contributed by atoms with Crippen molar-refractivity contribution >= 4 is 44.6 Å². The van der Waals surface area contributed by atoms with E-state index in [0.29, 0.717) is 18.7 Å². The highest BCUT2D eigenvalue weighted by Crippen LogP contribution is 2.45. The fraction of sp³-hybridized carbons (Fsp3) is 0.417. The van der Waals surface area contributed by atoms with Crippen LogP contribution < -0.4 is 24.8 Å². The second-order valence-electron chi connectivity index (χ2n) is 14.3. The van der Waals surface area contributed by atoms with Crippen molar-refractivity contribution < 1.29 is 41.5 Å². The van der Waals surface area contributed by atoms with Crippen LogP contribution in [0.25, 0.3) is 10.8 Å². The van der Waals surface area contributed by atoms with E-state index in [9.17, 15) is 32.0 Å². The predicted octanol–water partition coefficient (Wildman–Crippen LogP) is 3.59. The molecule has 3 aromatic rings. The molecule has 2 aromatic carbocycles. The van der Waals surface area contributed by atoms with Crippen molar-refractivity contribution in [2.45, 2.75) is 75.4 Å². The van der Waals surface area contributed by atoms with Gasteiger partial charge >= 0.3 is 6.09 Å². The van der Waals surface area contributed by atoms with Gasteiger partial charge in [-0.15, -0.1) is 6.58 Å². The molecule has 270 valence electrons. The van der Waals surface area contributed by atoms with Gasteiger partial charge in [-0.3, -0.25) is 19.1 Å². The van der Waals surface area contributed by atoms with Crippen LogP contribution in [0, 0.1) is 17.2 Å². The van der Waals surface area contributed by atoms with Crippen LogP contribution in [0.15, 0.2) is 73.4 Å². The molecule has 2 heterocycles. The van der Waals surface area contributed by atoms with Gasteiger partial charge in [0.1, 0.15) is 35.3 Å². The van der Waals surface area contributed by atoms with E-state index in [1.807, 2.05) is 30.3 Å². The first-order valence-electron chi connectivity index (χ1n) is 16.7. The molecule has 1 aromatic heterocycles. The van der Waals surface area contributed by atoms with Crippen LogP contribution in [0.1, 0.15) is 46.5 Å². The molecular formula is C36H40FN5O8S. The molecule has 0 radical (unpaired) electrons. The highest BCUT2D eigenvalue weighted by molar-refractivity contribution is 7.91. The van der Waals surface area contributed by atoms with Gasteiger partial charge in [0.2, 0.25) is 27.7 Å². The second kappa shape index (κ2) is 13.6. The largest absolute Gasteiger partial charge is 0.472 e. The van der Waals surface area contributed by atoms with E-state index >= 15 is 0 Å². The van der Waals surface area contributed by atoms with Crippen molar-refractivity contribution in [3.63, 3.8) is 0 Å². The Labute approximate surface area is 295 Å². The number of likely N-dealkylation sites (tertiary alicyclic amines) is 1. The van der Waals surface area contributed by atoms with Crippen LogP contribution in [0.3, 0.4) is 0 Å². The lowest BCUT2D eigenvalue weighted by Crippen LogP contribution is -2.60. The Morgan fingerprint density at radius 2 is 1.78 bits per heavy atom. The SMILES string of the molecule is C=C[C@@H]1C[C@]1(NC(=O)[C@@H]1C[C@@H](Oc2nccc3ccccc23)CN1C(=O)C(NC(=O)Oc1ccc(F)cc1)C(C)(C)C)C(=O)NS(=O)(=O)C1CC1. The maximum absolute atomic E-state index is 14.4. The summed E-state index contributed by atoms with van der Waals surface area (Å²) < 4.78 is 52.5. The summed E-state index contributed by atoms with van der Waals surface area (Å²) in [7, 11) is -3.91. The number of pyridine rings is 1. The molecule has 2 saturated carbocycles. The van der Waals surface area contributed by atoms with Crippen LogP contribution in [0.5, 0.6) is 11.6 Å². The van der Waals surface area contributed by atoms with Crippen molar-refractivity contribution in [1.82, 2.24) is 25.2 Å². The third kappa shape index (κ3) is 7.67. The number of ether oxygens (including phenoxy) is 2. The van der Waals surface area contributed by atoms with Crippen LogP contribution in [-0.2, 0) is 24.4 Å². The number of sulfonamides is 1. The van der Waals surface area contributed by atoms with Crippen LogP contribution in [-0.4, -0.2) is 77.6 Å². The average Bonchev–Trinajstić information content (AvgIpc) is 4.01. The van der Waals surface area contributed by atoms with Crippen LogP contribution in [0.2, 0.25) is 0 Å². The van der Waals surface area contributed by atoms with Crippen molar-refractivity contribution in [3.05, 3.63) is 79.3 Å². The van der Waals surface area contributed by atoms with E-state index < -0.39 is 80.0 Å². The Hall–Kier alpha value is -5.05. The standard InChI is InChI=1S/C36H40FN5O8S/c1-5-22-19-36(22,33(45)41-51(47,48)26-14-15-26)40-30(43)28-18-25(49-31-27-9-7-6-8-21(27)16-17-38-31)20-42(28)32(44)29(35(2,3)4)39-34(46)50-24-12-10-23(37)11-13-24/h5-13,16-17,22,25-26,28-29H,1,14-15,18-20H2,2-4H3,(H,39,46)(H,40,43)(H,41,45)/t22-,25-,28+,29?,36-/m1/s1. The average molecular weight is 722 g/mol. The Morgan fingerprint density at radius 1 is 1.08 bits per heavy atom. The van der Waals surface area contributed by atoms with Gasteiger partial charge in [0, 0.05) is 23.9 Å². The number of aromatic nitrogens is 1. The number of carbonyl (C=O) groups is 4. The fourth-order valence-corrected chi connectivity index (χ4v) is 7.67. The van der Waals surface area contributed by atoms with Crippen molar-refractivity contribution in [1.29, 1.82) is 0 Å². The van der Waals surface area contributed by atoms with Crippen LogP contribution in [0.4, 0.5) is 9.18 Å². The molecule has 5 atom stereocenters. The Kier molecular flexibility index (Phi) is 9.53. The number of rotatable bonds is 11. The van der Waals surface area contributed by atoms with Gasteiger partial charge in [-0.05, 0) is 66.5 Å². The fourth-order valence-electron chi connectivity index (χ4n) is 6.31. The number of halogens is 1. The number of amides is 4. The summed E-state index contributed by atoms with van der Waals surface area (Å²) in [5.41, 5.74) is -2.47. The predicted molar refractivity (Wildman–Crippen MR) is 184 cm³/mol. The summed E-state index contributed by atoms with van der Waals surface area (Å²) in [4.78, 5) is 60.7. The zero-order valence-corrected chi connectivity index (χ0v) is 29.2. The molecule has 1 unspecified atom stereocenters. The summed E-state index contributed by atoms with van der Waals surface area (Å²) in [5.74, 6) is -2.90. The third-order valence-electron chi connectivity index (χ3n) is 9.41. The summed E-state index contributed by atoms with van der Waals surface area (Å²) in [6.45, 7) is 8.85. The number of carbonyl (C=O) groups excluding carboxylic acids is 4. The van der Waals surface area contributed by atoms with E-state index in [1.165, 1.54) is 23.1 Å². The quantitative estimate of drug-likeness (QED) is 0.250. The molecule has 3 aliphatic rings. The minimum Gasteiger partial charge on any atom is -0.472 e. The molecule has 3 fully saturated rings. The molecule has 0 spiro atoms. The number of hydrogen-bond donors (Lipinski definition) is 3. The lowest BCUT2D eigenvalue weighted by atomic mass is 9.85. The summed E-state index contributed by atoms with van der Waals surface area (Å²) in [6.07, 6.45) is 2.37. The monoisotopic (exact) mass is 721 g/mol. The number of nitrogens with one attached hydrogen (secondary N) is 3. The zero-order valence-electron chi connectivity index (χ0n) is 28.4. The van der Waals surface area contributed by atoms with Gasteiger partial charge in [-0.25, -0.2) is 22.6 Å². The van der Waals surface area contributed by atoms with Gasteiger partial charge < -0.3 is 25.0 Å². The Bertz CT molecular complexity index is 1980. The molecule has 1 saturated heterocycles. The molecule has 4 amide bonds. The second-order valence-corrected chi connectivity index (χ2v) is 16.2. The summed E-state index contributed by atoms with van der Waals surface area (Å²) >= 11 is 0. The van der Waals surface area contributed by atoms with Gasteiger partial charge in [0.15, 0.2) is 0 Å². The highest BCUT2D eigenvalue weighted by atomic mass is 32.2. The summed E-state index contributed by atoms with van der Waals surface area (Å²) in [6, 6.07) is 11.7. The molecular weight excluding hydrogens is 681 g/mol. The maximum atomic E-state index is 14.4. The maximum Gasteiger partial charge on any atom is 0.413 e. The first kappa shape index (κ1) is 35.8. The molecule has 6 rings (SSSR count). The van der Waals surface area contributed by atoms with Crippen molar-refractivity contribution in [2.24, 2.45) is 11.3 Å². The van der Waals surface area contributed by atoms with Gasteiger partial charge in [0.05, 0.1) is 11.8 Å². The molecule has 1 aliphatic heterocycles. The van der Waals surface area contributed by atoms with Crippen LogP contribution >= 0.6 is 0 Å². The third-order valence-corrected chi connectivity index (χ3v) is 11.2. The minimum absolute atomic E-state index is 0.00378. The molecule has 51 heavy (non-hydrogen) atoms. The smallest absolute Gasteiger partial charge is 0.413 e. The first-order chi connectivity index (χ1) is 24.1. The van der Waals surface area contributed by atoms with Crippen molar-refractivity contribution in [3.8, 4) is 11.6 Å². The normalized spacial score (nSPS) is 23.5. The van der Waals surface area contributed by atoms with Gasteiger partial charge in [-0.2, -0.15) is 0 Å².